The third kappa shape index (κ3) is 6.21. The second kappa shape index (κ2) is 10.3. The van der Waals surface area contributed by atoms with Crippen LogP contribution in [0, 0.1) is 0 Å². The highest BCUT2D eigenvalue weighted by atomic mass is 35.5. The van der Waals surface area contributed by atoms with E-state index in [1.165, 1.54) is 19.3 Å². The van der Waals surface area contributed by atoms with Gasteiger partial charge in [-0.3, -0.25) is 4.79 Å². The lowest BCUT2D eigenvalue weighted by Gasteiger charge is -2.26. The van der Waals surface area contributed by atoms with Crippen LogP contribution in [0.15, 0.2) is 42.5 Å². The molecular weight excluding hydrogens is 388 g/mol. The van der Waals surface area contributed by atoms with Crippen LogP contribution >= 0.6 is 11.6 Å². The quantitative estimate of drug-likeness (QED) is 0.596. The van der Waals surface area contributed by atoms with E-state index in [1.54, 1.807) is 30.3 Å². The Hall–Kier alpha value is -2.57. The summed E-state index contributed by atoms with van der Waals surface area (Å²) < 4.78 is 0. The zero-order valence-electron chi connectivity index (χ0n) is 16.4. The first-order chi connectivity index (χ1) is 14.0. The maximum Gasteiger partial charge on any atom is 0.319 e. The van der Waals surface area contributed by atoms with Crippen LogP contribution in [0.4, 0.5) is 10.5 Å². The van der Waals surface area contributed by atoms with Crippen LogP contribution in [0.1, 0.15) is 36.0 Å². The summed E-state index contributed by atoms with van der Waals surface area (Å²) in [4.78, 5) is 26.0. The Balaban J connectivity index is 1.51. The number of hydrogen-bond acceptors (Lipinski definition) is 3. The highest BCUT2D eigenvalue weighted by Gasteiger charge is 2.11. The molecule has 3 amide bonds. The highest BCUT2D eigenvalue weighted by Crippen LogP contribution is 2.29. The van der Waals surface area contributed by atoms with Gasteiger partial charge in [-0.15, -0.1) is 0 Å². The van der Waals surface area contributed by atoms with Crippen molar-refractivity contribution in [1.82, 2.24) is 10.2 Å². The molecule has 29 heavy (non-hydrogen) atoms. The SMILES string of the molecule is NC(=O)c1cccc(-c2ccc(NC(=O)NCCCN3CCCCC3)c(Cl)c2)c1. The van der Waals surface area contributed by atoms with Crippen molar-refractivity contribution < 1.29 is 9.59 Å². The predicted molar refractivity (Wildman–Crippen MR) is 117 cm³/mol. The number of likely N-dealkylation sites (tertiary alicyclic amines) is 1. The first-order valence-electron chi connectivity index (χ1n) is 10.00. The van der Waals surface area contributed by atoms with Gasteiger partial charge in [-0.25, -0.2) is 4.79 Å². The van der Waals surface area contributed by atoms with E-state index in [0.717, 1.165) is 37.2 Å². The summed E-state index contributed by atoms with van der Waals surface area (Å²) in [5.74, 6) is -0.479. The number of piperidine rings is 1. The Bertz CT molecular complexity index is 866. The number of hydrogen-bond donors (Lipinski definition) is 3. The lowest BCUT2D eigenvalue weighted by atomic mass is 10.0. The lowest BCUT2D eigenvalue weighted by molar-refractivity contribution is 0.100. The summed E-state index contributed by atoms with van der Waals surface area (Å²) in [6, 6.07) is 12.1. The Kier molecular flexibility index (Phi) is 7.49. The van der Waals surface area contributed by atoms with Gasteiger partial charge in [-0.2, -0.15) is 0 Å². The number of anilines is 1. The van der Waals surface area contributed by atoms with Crippen molar-refractivity contribution in [2.24, 2.45) is 5.73 Å². The third-order valence-electron chi connectivity index (χ3n) is 5.08. The highest BCUT2D eigenvalue weighted by molar-refractivity contribution is 6.34. The van der Waals surface area contributed by atoms with Gasteiger partial charge in [0.15, 0.2) is 0 Å². The summed E-state index contributed by atoms with van der Waals surface area (Å²) in [5, 5.41) is 6.09. The second-order valence-electron chi connectivity index (χ2n) is 7.28. The van der Waals surface area contributed by atoms with Crippen LogP contribution in [0.3, 0.4) is 0 Å². The van der Waals surface area contributed by atoms with Gasteiger partial charge in [0.1, 0.15) is 0 Å². The third-order valence-corrected chi connectivity index (χ3v) is 5.40. The Morgan fingerprint density at radius 3 is 2.52 bits per heavy atom. The van der Waals surface area contributed by atoms with Gasteiger partial charge in [-0.05, 0) is 74.3 Å². The first kappa shape index (κ1) is 21.1. The van der Waals surface area contributed by atoms with Crippen LogP contribution in [0.5, 0.6) is 0 Å². The molecule has 2 aromatic rings. The number of rotatable bonds is 7. The molecule has 0 bridgehead atoms. The van der Waals surface area contributed by atoms with Crippen molar-refractivity contribution in [3.63, 3.8) is 0 Å². The van der Waals surface area contributed by atoms with E-state index >= 15 is 0 Å². The van der Waals surface area contributed by atoms with Crippen LogP contribution in [-0.4, -0.2) is 43.0 Å². The zero-order valence-corrected chi connectivity index (χ0v) is 17.2. The molecule has 0 saturated carbocycles. The normalized spacial score (nSPS) is 14.4. The number of urea groups is 1. The molecule has 1 saturated heterocycles. The predicted octanol–water partition coefficient (Wildman–Crippen LogP) is 4.10. The number of nitrogens with one attached hydrogen (secondary N) is 2. The number of nitrogens with two attached hydrogens (primary N) is 1. The summed E-state index contributed by atoms with van der Waals surface area (Å²) >= 11 is 6.35. The van der Waals surface area contributed by atoms with Crippen molar-refractivity contribution in [3.05, 3.63) is 53.1 Å². The molecule has 0 spiro atoms. The minimum atomic E-state index is -0.479. The molecule has 6 nitrogen and oxygen atoms in total. The average Bonchev–Trinajstić information content (AvgIpc) is 2.73. The van der Waals surface area contributed by atoms with E-state index in [0.29, 0.717) is 22.8 Å². The summed E-state index contributed by atoms with van der Waals surface area (Å²) in [5.41, 5.74) is 7.98. The molecule has 7 heteroatoms. The van der Waals surface area contributed by atoms with E-state index in [1.807, 2.05) is 12.1 Å². The van der Waals surface area contributed by atoms with Gasteiger partial charge in [0.25, 0.3) is 0 Å². The van der Waals surface area contributed by atoms with Crippen LogP contribution < -0.4 is 16.4 Å². The molecule has 154 valence electrons. The smallest absolute Gasteiger partial charge is 0.319 e. The van der Waals surface area contributed by atoms with Crippen molar-refractivity contribution in [2.45, 2.75) is 25.7 Å². The number of carbonyl (C=O) groups is 2. The maximum atomic E-state index is 12.1. The van der Waals surface area contributed by atoms with Gasteiger partial charge >= 0.3 is 6.03 Å². The number of primary amides is 1. The molecule has 0 atom stereocenters. The van der Waals surface area contributed by atoms with Crippen LogP contribution in [-0.2, 0) is 0 Å². The fraction of sp³-hybridized carbons (Fsp3) is 0.364. The van der Waals surface area contributed by atoms with E-state index in [2.05, 4.69) is 15.5 Å². The Labute approximate surface area is 176 Å². The Morgan fingerprint density at radius 2 is 1.79 bits per heavy atom. The minimum absolute atomic E-state index is 0.269. The van der Waals surface area contributed by atoms with Gasteiger partial charge in [0.2, 0.25) is 5.91 Å². The van der Waals surface area contributed by atoms with E-state index in [9.17, 15) is 9.59 Å². The molecule has 4 N–H and O–H groups in total. The number of benzene rings is 2. The molecule has 1 heterocycles. The minimum Gasteiger partial charge on any atom is -0.366 e. The fourth-order valence-electron chi connectivity index (χ4n) is 3.50. The molecule has 2 aromatic carbocycles. The van der Waals surface area contributed by atoms with Crippen LogP contribution in [0.25, 0.3) is 11.1 Å². The molecular formula is C22H27ClN4O2. The number of carbonyl (C=O) groups excluding carboxylic acids is 2. The van der Waals surface area contributed by atoms with E-state index in [4.69, 9.17) is 17.3 Å². The van der Waals surface area contributed by atoms with Crippen molar-refractivity contribution in [3.8, 4) is 11.1 Å². The topological polar surface area (TPSA) is 87.5 Å². The van der Waals surface area contributed by atoms with Gasteiger partial charge in [-0.1, -0.05) is 36.2 Å². The second-order valence-corrected chi connectivity index (χ2v) is 7.68. The van der Waals surface area contributed by atoms with E-state index < -0.39 is 5.91 Å². The molecule has 1 aliphatic heterocycles. The molecule has 0 radical (unpaired) electrons. The van der Waals surface area contributed by atoms with E-state index in [-0.39, 0.29) is 6.03 Å². The Morgan fingerprint density at radius 1 is 1.03 bits per heavy atom. The monoisotopic (exact) mass is 414 g/mol. The van der Waals surface area contributed by atoms with Gasteiger partial charge in [0.05, 0.1) is 10.7 Å². The van der Waals surface area contributed by atoms with Gasteiger partial charge in [0, 0.05) is 12.1 Å². The largest absolute Gasteiger partial charge is 0.366 e. The number of halogens is 1. The van der Waals surface area contributed by atoms with Crippen molar-refractivity contribution >= 4 is 29.2 Å². The summed E-state index contributed by atoms with van der Waals surface area (Å²) in [7, 11) is 0. The first-order valence-corrected chi connectivity index (χ1v) is 10.4. The zero-order chi connectivity index (χ0) is 20.6. The summed E-state index contributed by atoms with van der Waals surface area (Å²) in [6.07, 6.45) is 4.80. The van der Waals surface area contributed by atoms with Crippen molar-refractivity contribution in [1.29, 1.82) is 0 Å². The molecule has 0 aliphatic carbocycles. The fourth-order valence-corrected chi connectivity index (χ4v) is 3.73. The average molecular weight is 415 g/mol. The molecule has 1 aliphatic rings. The standard InChI is InChI=1S/C22H27ClN4O2/c23-19-15-17(16-6-4-7-18(14-16)21(24)28)8-9-20(19)26-22(29)25-10-5-13-27-11-2-1-3-12-27/h4,6-9,14-15H,1-3,5,10-13H2,(H2,24,28)(H2,25,26,29). The molecule has 0 unspecified atom stereocenters. The molecule has 3 rings (SSSR count). The van der Waals surface area contributed by atoms with Gasteiger partial charge < -0.3 is 21.3 Å². The van der Waals surface area contributed by atoms with Crippen molar-refractivity contribution in [2.75, 3.05) is 31.5 Å². The number of amides is 3. The maximum absolute atomic E-state index is 12.1. The molecule has 0 aromatic heterocycles. The molecule has 1 fully saturated rings. The van der Waals surface area contributed by atoms with Crippen LogP contribution in [0.2, 0.25) is 5.02 Å². The lowest BCUT2D eigenvalue weighted by Crippen LogP contribution is -2.34. The summed E-state index contributed by atoms with van der Waals surface area (Å²) in [6.45, 7) is 3.96. The number of nitrogens with zero attached hydrogens (tertiary/aromatic N) is 1.